The Kier molecular flexibility index (Phi) is 14.7. The molecule has 18 atom stereocenters. The summed E-state index contributed by atoms with van der Waals surface area (Å²) in [5.41, 5.74) is -2.74. The SMILES string of the molecule is COC1(C)CC(OC2C(C)C(=O)OC(C3CC(C)C3)C(C)C(O)C(C)C(=O)C(C)CC(C)(O)C(OC3OC(C)CC(N(C)C)C3O)C2C)OC(C)C1O. The van der Waals surface area contributed by atoms with Gasteiger partial charge in [-0.3, -0.25) is 9.59 Å². The zero-order chi connectivity index (χ0) is 39.9. The summed E-state index contributed by atoms with van der Waals surface area (Å²) < 4.78 is 37.9. The lowest BCUT2D eigenvalue weighted by Gasteiger charge is -2.49. The summed E-state index contributed by atoms with van der Waals surface area (Å²) in [4.78, 5) is 30.3. The van der Waals surface area contributed by atoms with E-state index in [9.17, 15) is 30.0 Å². The molecule has 1 saturated carbocycles. The standard InChI is InChI=1S/C40H71NO12/c1-19-14-27(15-19)34-23(5)31(43)22(4)30(42)20(2)17-39(9,47)36(53-38-32(44)28(41(11)12)16-21(3)49-38)24(6)33(25(7)37(46)52-34)51-29-18-40(10,48-13)35(45)26(8)50-29/h19-29,31-36,38,43-45,47H,14-18H2,1-13H3. The number of hydrogen-bond acceptors (Lipinski definition) is 13. The van der Waals surface area contributed by atoms with Gasteiger partial charge in [0.05, 0.1) is 47.6 Å². The Morgan fingerprint density at radius 3 is 2.00 bits per heavy atom. The first-order valence-electron chi connectivity index (χ1n) is 19.9. The van der Waals surface area contributed by atoms with Crippen LogP contribution in [0.1, 0.15) is 101 Å². The zero-order valence-corrected chi connectivity index (χ0v) is 34.4. The fourth-order valence-corrected chi connectivity index (χ4v) is 9.62. The van der Waals surface area contributed by atoms with Crippen LogP contribution in [0.5, 0.6) is 0 Å². The minimum absolute atomic E-state index is 0.0232. The van der Waals surface area contributed by atoms with Gasteiger partial charge in [0.1, 0.15) is 24.1 Å². The highest BCUT2D eigenvalue weighted by Gasteiger charge is 2.53. The number of aliphatic hydroxyl groups is 4. The van der Waals surface area contributed by atoms with Crippen molar-refractivity contribution in [2.75, 3.05) is 21.2 Å². The summed E-state index contributed by atoms with van der Waals surface area (Å²) in [5.74, 6) is -4.02. The fraction of sp³-hybridized carbons (Fsp3) is 0.950. The summed E-state index contributed by atoms with van der Waals surface area (Å²) in [6.45, 7) is 17.9. The number of rotatable bonds is 7. The van der Waals surface area contributed by atoms with Crippen LogP contribution in [0.4, 0.5) is 0 Å². The van der Waals surface area contributed by atoms with Gasteiger partial charge in [0.25, 0.3) is 0 Å². The molecule has 0 aromatic carbocycles. The number of aliphatic hydroxyl groups excluding tert-OH is 3. The van der Waals surface area contributed by atoms with Crippen molar-refractivity contribution in [3.05, 3.63) is 0 Å². The van der Waals surface area contributed by atoms with Gasteiger partial charge in [0, 0.05) is 43.2 Å². The van der Waals surface area contributed by atoms with Crippen LogP contribution in [0, 0.1) is 41.4 Å². The van der Waals surface area contributed by atoms with Crippen molar-refractivity contribution in [2.45, 2.75) is 180 Å². The van der Waals surface area contributed by atoms with Crippen molar-refractivity contribution in [3.63, 3.8) is 0 Å². The van der Waals surface area contributed by atoms with Crippen molar-refractivity contribution in [3.8, 4) is 0 Å². The van der Waals surface area contributed by atoms with Gasteiger partial charge in [-0.15, -0.1) is 0 Å². The lowest BCUT2D eigenvalue weighted by molar-refractivity contribution is -0.317. The molecule has 4 fully saturated rings. The molecule has 3 aliphatic heterocycles. The Bertz CT molecular complexity index is 1230. The van der Waals surface area contributed by atoms with Crippen LogP contribution in [0.3, 0.4) is 0 Å². The highest BCUT2D eigenvalue weighted by Crippen LogP contribution is 2.43. The van der Waals surface area contributed by atoms with Gasteiger partial charge in [0.15, 0.2) is 12.6 Å². The number of cyclic esters (lactones) is 1. The normalized spacial score (nSPS) is 51.0. The van der Waals surface area contributed by atoms with Crippen LogP contribution in [-0.4, -0.2) is 137 Å². The molecule has 0 aromatic heterocycles. The molecule has 4 rings (SSSR count). The lowest BCUT2D eigenvalue weighted by Crippen LogP contribution is -2.60. The third kappa shape index (κ3) is 9.65. The molecule has 0 spiro atoms. The number of likely N-dealkylation sites (N-methyl/N-ethyl adjacent to an activating group) is 1. The second-order valence-corrected chi connectivity index (χ2v) is 18.1. The second kappa shape index (κ2) is 17.5. The van der Waals surface area contributed by atoms with Crippen LogP contribution in [0.15, 0.2) is 0 Å². The van der Waals surface area contributed by atoms with Gasteiger partial charge in [-0.1, -0.05) is 34.6 Å². The molecular weight excluding hydrogens is 686 g/mol. The third-order valence-corrected chi connectivity index (χ3v) is 13.2. The first-order chi connectivity index (χ1) is 24.5. The van der Waals surface area contributed by atoms with E-state index in [2.05, 4.69) is 6.92 Å². The summed E-state index contributed by atoms with van der Waals surface area (Å²) in [5, 5.41) is 46.6. The molecule has 0 radical (unpaired) electrons. The molecule has 53 heavy (non-hydrogen) atoms. The van der Waals surface area contributed by atoms with Gasteiger partial charge >= 0.3 is 5.97 Å². The number of methoxy groups -OCH3 is 1. The predicted molar refractivity (Wildman–Crippen MR) is 196 cm³/mol. The summed E-state index contributed by atoms with van der Waals surface area (Å²) >= 11 is 0. The molecule has 4 N–H and O–H groups in total. The van der Waals surface area contributed by atoms with E-state index in [1.165, 1.54) is 7.11 Å². The number of carbonyl (C=O) groups is 2. The van der Waals surface area contributed by atoms with Crippen molar-refractivity contribution in [1.29, 1.82) is 0 Å². The maximum absolute atomic E-state index is 14.4. The van der Waals surface area contributed by atoms with Gasteiger partial charge in [-0.2, -0.15) is 0 Å². The summed E-state index contributed by atoms with van der Waals surface area (Å²) in [7, 11) is 5.26. The number of hydrogen-bond donors (Lipinski definition) is 4. The minimum atomic E-state index is -1.72. The molecule has 13 nitrogen and oxygen atoms in total. The molecule has 308 valence electrons. The number of ketones is 1. The van der Waals surface area contributed by atoms with Crippen molar-refractivity contribution < 1.29 is 58.4 Å². The molecule has 18 unspecified atom stereocenters. The maximum Gasteiger partial charge on any atom is 0.311 e. The Balaban J connectivity index is 1.81. The van der Waals surface area contributed by atoms with E-state index < -0.39 is 102 Å². The summed E-state index contributed by atoms with van der Waals surface area (Å²) in [6.07, 6.45) is -6.57. The first kappa shape index (κ1) is 44.5. The molecule has 0 aromatic rings. The molecular formula is C40H71NO12. The van der Waals surface area contributed by atoms with E-state index >= 15 is 0 Å². The average molecular weight is 758 g/mol. The Morgan fingerprint density at radius 2 is 1.43 bits per heavy atom. The molecule has 0 amide bonds. The summed E-state index contributed by atoms with van der Waals surface area (Å²) in [6, 6.07) is -0.297. The highest BCUT2D eigenvalue weighted by atomic mass is 16.7. The fourth-order valence-electron chi connectivity index (χ4n) is 9.62. The van der Waals surface area contributed by atoms with Crippen LogP contribution < -0.4 is 0 Å². The van der Waals surface area contributed by atoms with E-state index in [-0.39, 0.29) is 36.7 Å². The molecule has 3 heterocycles. The number of carbonyl (C=O) groups excluding carboxylic acids is 2. The molecule has 3 saturated heterocycles. The molecule has 0 bridgehead atoms. The lowest BCUT2D eigenvalue weighted by atomic mass is 9.68. The average Bonchev–Trinajstić information content (AvgIpc) is 3.07. The smallest absolute Gasteiger partial charge is 0.311 e. The largest absolute Gasteiger partial charge is 0.461 e. The van der Waals surface area contributed by atoms with E-state index in [1.807, 2.05) is 39.8 Å². The third-order valence-electron chi connectivity index (χ3n) is 13.2. The monoisotopic (exact) mass is 757 g/mol. The van der Waals surface area contributed by atoms with E-state index in [1.54, 1.807) is 41.5 Å². The second-order valence-electron chi connectivity index (χ2n) is 18.1. The predicted octanol–water partition coefficient (Wildman–Crippen LogP) is 3.31. The minimum Gasteiger partial charge on any atom is -0.461 e. The van der Waals surface area contributed by atoms with Crippen molar-refractivity contribution in [2.24, 2.45) is 41.4 Å². The number of ether oxygens (including phenoxy) is 6. The number of Topliss-reactive ketones (excluding diaryl/α,β-unsaturated/α-hetero) is 1. The quantitative estimate of drug-likeness (QED) is 0.279. The number of nitrogens with zero attached hydrogens (tertiary/aromatic N) is 1. The molecule has 4 aliphatic rings. The van der Waals surface area contributed by atoms with E-state index in [4.69, 9.17) is 28.4 Å². The van der Waals surface area contributed by atoms with Crippen molar-refractivity contribution in [1.82, 2.24) is 4.90 Å². The van der Waals surface area contributed by atoms with Gasteiger partial charge < -0.3 is 53.7 Å². The Morgan fingerprint density at radius 1 is 0.811 bits per heavy atom. The van der Waals surface area contributed by atoms with E-state index in [0.717, 1.165) is 12.8 Å². The van der Waals surface area contributed by atoms with Crippen LogP contribution in [-0.2, 0) is 38.0 Å². The number of esters is 1. The van der Waals surface area contributed by atoms with Gasteiger partial charge in [-0.05, 0) is 86.2 Å². The maximum atomic E-state index is 14.4. The first-order valence-corrected chi connectivity index (χ1v) is 19.9. The topological polar surface area (TPSA) is 174 Å². The van der Waals surface area contributed by atoms with Gasteiger partial charge in [0.2, 0.25) is 0 Å². The van der Waals surface area contributed by atoms with Crippen molar-refractivity contribution >= 4 is 11.8 Å². The zero-order valence-electron chi connectivity index (χ0n) is 34.4. The Hall–Kier alpha value is -1.26. The van der Waals surface area contributed by atoms with Gasteiger partial charge in [-0.25, -0.2) is 0 Å². The molecule has 1 aliphatic carbocycles. The van der Waals surface area contributed by atoms with Crippen LogP contribution in [0.25, 0.3) is 0 Å². The van der Waals surface area contributed by atoms with Crippen LogP contribution >= 0.6 is 0 Å². The molecule has 13 heteroatoms. The van der Waals surface area contributed by atoms with Crippen LogP contribution in [0.2, 0.25) is 0 Å². The Labute approximate surface area is 317 Å². The van der Waals surface area contributed by atoms with E-state index in [0.29, 0.717) is 12.3 Å². The highest BCUT2D eigenvalue weighted by molar-refractivity contribution is 5.83.